The van der Waals surface area contributed by atoms with E-state index in [4.69, 9.17) is 24.2 Å². The molecular weight excluding hydrogens is 657 g/mol. The van der Waals surface area contributed by atoms with Crippen LogP contribution in [0.15, 0.2) is 48.5 Å². The number of fused-ring (bicyclic) bond motifs is 5. The Morgan fingerprint density at radius 3 is 2.43 bits per heavy atom. The van der Waals surface area contributed by atoms with Crippen LogP contribution in [0.3, 0.4) is 0 Å². The maximum absolute atomic E-state index is 14.2. The number of nitrogens with zero attached hydrogens (tertiary/aromatic N) is 1. The number of carbonyl (C=O) groups excluding carboxylic acids is 3. The van der Waals surface area contributed by atoms with Crippen molar-refractivity contribution in [2.24, 2.45) is 5.41 Å². The van der Waals surface area contributed by atoms with Gasteiger partial charge in [-0.15, -0.1) is 0 Å². The highest BCUT2D eigenvalue weighted by Gasteiger charge is 2.76. The van der Waals surface area contributed by atoms with Gasteiger partial charge in [-0.2, -0.15) is 5.06 Å². The monoisotopic (exact) mass is 689 g/mol. The second-order valence-electron chi connectivity index (χ2n) is 11.6. The summed E-state index contributed by atoms with van der Waals surface area (Å²) in [4.78, 5) is 46.5. The van der Waals surface area contributed by atoms with Crippen molar-refractivity contribution in [3.05, 3.63) is 68.8 Å². The number of carbonyl (C=O) groups is 3. The molecule has 2 aromatic rings. The van der Waals surface area contributed by atoms with Crippen molar-refractivity contribution in [2.45, 2.75) is 68.5 Å². The zero-order valence-electron chi connectivity index (χ0n) is 22.8. The third kappa shape index (κ3) is 4.63. The number of esters is 1. The quantitative estimate of drug-likeness (QED) is 0.274. The molecule has 7 rings (SSSR count). The maximum atomic E-state index is 14.2. The fraction of sp³-hybridized carbons (Fsp3) is 0.500. The maximum Gasteiger partial charge on any atom is 0.327 e. The fourth-order valence-electron chi connectivity index (χ4n) is 7.27. The first kappa shape index (κ1) is 28.2. The second-order valence-corrected chi connectivity index (χ2v) is 12.9. The van der Waals surface area contributed by atoms with Gasteiger partial charge in [-0.1, -0.05) is 36.4 Å². The van der Waals surface area contributed by atoms with E-state index in [0.29, 0.717) is 12.8 Å². The molecule has 0 radical (unpaired) electrons. The normalized spacial score (nSPS) is 31.9. The minimum atomic E-state index is -1.30. The largest absolute Gasteiger partial charge is 0.458 e. The first-order valence-corrected chi connectivity index (χ1v) is 15.4. The molecule has 2 aromatic carbocycles. The molecule has 11 nitrogen and oxygen atoms in total. The van der Waals surface area contributed by atoms with Gasteiger partial charge in [0.2, 0.25) is 11.8 Å². The minimum absolute atomic E-state index is 0.0330. The lowest BCUT2D eigenvalue weighted by Crippen LogP contribution is -2.69. The van der Waals surface area contributed by atoms with Crippen LogP contribution in [-0.2, 0) is 52.8 Å². The summed E-state index contributed by atoms with van der Waals surface area (Å²) in [5, 5.41) is 16.0. The lowest BCUT2D eigenvalue weighted by molar-refractivity contribution is -0.217. The predicted octanol–water partition coefficient (Wildman–Crippen LogP) is 0.985. The molecule has 2 aliphatic carbocycles. The van der Waals surface area contributed by atoms with E-state index in [1.807, 2.05) is 36.4 Å². The summed E-state index contributed by atoms with van der Waals surface area (Å²) in [5.74, 6) is -2.13. The molecule has 12 heteroatoms. The van der Waals surface area contributed by atoms with Crippen LogP contribution in [-0.4, -0.2) is 83.9 Å². The number of benzene rings is 2. The Bertz CT molecular complexity index is 1380. The standard InChI is InChI=1S/C30H32IN3O8/c31-20-7-5-17(6-8-20)16-34-25-27(37)39-21-15-30(25,28(38)33-10-9-22(36)32-11-12-35)26(42-34)24-23(21)40-29(41-24)13-18-3-1-2-4-19(18)14-29/h1-8,21,23-26,35H,9-16H2,(H,32,36)(H,33,38). The first-order valence-electron chi connectivity index (χ1n) is 14.3. The van der Waals surface area contributed by atoms with Crippen LogP contribution in [0.25, 0.3) is 0 Å². The summed E-state index contributed by atoms with van der Waals surface area (Å²) < 4.78 is 20.4. The SMILES string of the molecule is O=C(CCNC(=O)C12CC3OC(=O)C1N(Cc1ccc(I)cc1)OC2C1OC2(Cc4ccccc4C2)OC31)NCCO. The molecule has 5 aliphatic rings. The molecule has 2 bridgehead atoms. The van der Waals surface area contributed by atoms with E-state index in [0.717, 1.165) is 20.3 Å². The van der Waals surface area contributed by atoms with Gasteiger partial charge in [-0.05, 0) is 51.4 Å². The smallest absolute Gasteiger partial charge is 0.327 e. The Hall–Kier alpha value is -2.62. The number of amides is 2. The highest BCUT2D eigenvalue weighted by Crippen LogP contribution is 2.58. The van der Waals surface area contributed by atoms with E-state index in [-0.39, 0.29) is 50.9 Å². The molecule has 2 amide bonds. The van der Waals surface area contributed by atoms with Crippen molar-refractivity contribution in [3.8, 4) is 0 Å². The molecule has 6 atom stereocenters. The van der Waals surface area contributed by atoms with E-state index in [2.05, 4.69) is 45.4 Å². The van der Waals surface area contributed by atoms with Crippen LogP contribution in [0.4, 0.5) is 0 Å². The van der Waals surface area contributed by atoms with Gasteiger partial charge < -0.3 is 30.0 Å². The molecule has 0 aromatic heterocycles. The van der Waals surface area contributed by atoms with Gasteiger partial charge in [0.15, 0.2) is 11.8 Å². The van der Waals surface area contributed by atoms with Crippen molar-refractivity contribution in [1.29, 1.82) is 0 Å². The highest BCUT2D eigenvalue weighted by atomic mass is 127. The van der Waals surface area contributed by atoms with E-state index < -0.39 is 47.6 Å². The van der Waals surface area contributed by atoms with Crippen molar-refractivity contribution in [3.63, 3.8) is 0 Å². The molecule has 4 fully saturated rings. The summed E-state index contributed by atoms with van der Waals surface area (Å²) in [6, 6.07) is 15.0. The molecule has 222 valence electrons. The van der Waals surface area contributed by atoms with Gasteiger partial charge in [0.1, 0.15) is 29.8 Å². The molecule has 6 unspecified atom stereocenters. The van der Waals surface area contributed by atoms with Crippen molar-refractivity contribution in [1.82, 2.24) is 15.7 Å². The molecule has 3 heterocycles. The number of hydroxylamine groups is 2. The number of nitrogens with one attached hydrogen (secondary N) is 2. The number of ether oxygens (including phenoxy) is 3. The molecule has 1 saturated carbocycles. The molecule has 3 aliphatic heterocycles. The number of hydrogen-bond donors (Lipinski definition) is 3. The molecule has 3 saturated heterocycles. The summed E-state index contributed by atoms with van der Waals surface area (Å²) in [6.07, 6.45) is -1.35. The van der Waals surface area contributed by atoms with Gasteiger partial charge in [0, 0.05) is 42.3 Å². The fourth-order valence-corrected chi connectivity index (χ4v) is 7.63. The third-order valence-corrected chi connectivity index (χ3v) is 9.76. The number of aliphatic hydroxyl groups excluding tert-OH is 1. The summed E-state index contributed by atoms with van der Waals surface area (Å²) >= 11 is 2.23. The number of rotatable bonds is 8. The Kier molecular flexibility index (Phi) is 7.26. The lowest BCUT2D eigenvalue weighted by Gasteiger charge is -2.48. The van der Waals surface area contributed by atoms with Crippen LogP contribution in [0, 0.1) is 8.99 Å². The second kappa shape index (κ2) is 10.8. The van der Waals surface area contributed by atoms with E-state index in [1.54, 1.807) is 5.06 Å². The lowest BCUT2D eigenvalue weighted by atomic mass is 9.62. The topological polar surface area (TPSA) is 136 Å². The summed E-state index contributed by atoms with van der Waals surface area (Å²) in [5.41, 5.74) is 1.91. The average Bonchev–Trinajstić information content (AvgIpc) is 3.64. The molecular formula is C30H32IN3O8. The van der Waals surface area contributed by atoms with Gasteiger partial charge in [-0.25, -0.2) is 0 Å². The Labute approximate surface area is 256 Å². The Morgan fingerprint density at radius 2 is 1.71 bits per heavy atom. The van der Waals surface area contributed by atoms with Crippen LogP contribution in [0.1, 0.15) is 29.5 Å². The first-order chi connectivity index (χ1) is 20.3. The summed E-state index contributed by atoms with van der Waals surface area (Å²) in [7, 11) is 0. The average molecular weight is 690 g/mol. The van der Waals surface area contributed by atoms with Gasteiger partial charge in [0.25, 0.3) is 0 Å². The van der Waals surface area contributed by atoms with Crippen molar-refractivity contribution < 1.29 is 38.5 Å². The van der Waals surface area contributed by atoms with Crippen LogP contribution in [0.2, 0.25) is 0 Å². The van der Waals surface area contributed by atoms with E-state index >= 15 is 0 Å². The van der Waals surface area contributed by atoms with Crippen molar-refractivity contribution >= 4 is 40.4 Å². The molecule has 42 heavy (non-hydrogen) atoms. The zero-order chi connectivity index (χ0) is 29.1. The number of hydrogen-bond acceptors (Lipinski definition) is 9. The van der Waals surface area contributed by atoms with Gasteiger partial charge in [0.05, 0.1) is 13.2 Å². The van der Waals surface area contributed by atoms with E-state index in [1.165, 1.54) is 0 Å². The number of aliphatic hydroxyl groups is 1. The minimum Gasteiger partial charge on any atom is -0.458 e. The molecule has 1 spiro atoms. The van der Waals surface area contributed by atoms with Crippen molar-refractivity contribution in [2.75, 3.05) is 19.7 Å². The van der Waals surface area contributed by atoms with Gasteiger partial charge in [-0.3, -0.25) is 19.2 Å². The molecule has 3 N–H and O–H groups in total. The van der Waals surface area contributed by atoms with E-state index in [9.17, 15) is 14.4 Å². The number of halogens is 1. The van der Waals surface area contributed by atoms with Crippen LogP contribution < -0.4 is 10.6 Å². The predicted molar refractivity (Wildman–Crippen MR) is 154 cm³/mol. The van der Waals surface area contributed by atoms with Gasteiger partial charge >= 0.3 is 5.97 Å². The van der Waals surface area contributed by atoms with Crippen LogP contribution >= 0.6 is 22.6 Å². The highest BCUT2D eigenvalue weighted by molar-refractivity contribution is 14.1. The zero-order valence-corrected chi connectivity index (χ0v) is 25.0. The summed E-state index contributed by atoms with van der Waals surface area (Å²) in [6.45, 7) is 0.310. The van der Waals surface area contributed by atoms with Crippen LogP contribution in [0.5, 0.6) is 0 Å². The third-order valence-electron chi connectivity index (χ3n) is 9.04. The Morgan fingerprint density at radius 1 is 1.00 bits per heavy atom. The Balaban J connectivity index is 1.19.